The van der Waals surface area contributed by atoms with E-state index in [0.717, 1.165) is 0 Å². The molecule has 0 aromatic carbocycles. The van der Waals surface area contributed by atoms with E-state index in [1.54, 1.807) is 25.5 Å². The van der Waals surface area contributed by atoms with Crippen molar-refractivity contribution in [1.82, 2.24) is 15.3 Å². The van der Waals surface area contributed by atoms with Crippen LogP contribution in [0.15, 0.2) is 18.6 Å². The Bertz CT molecular complexity index is 310. The van der Waals surface area contributed by atoms with Gasteiger partial charge in [0.1, 0.15) is 5.82 Å². The summed E-state index contributed by atoms with van der Waals surface area (Å²) in [5.74, 6) is 0.531. The molecule has 1 aromatic rings. The molecule has 1 atom stereocenters. The second-order valence-corrected chi connectivity index (χ2v) is 3.10. The number of rotatable bonds is 5. The molecule has 0 fully saturated rings. The SMILES string of the molecule is C[C@@H](N)C(=O)NCCNc1cnccn1.Cl.Cl. The third-order valence-electron chi connectivity index (χ3n) is 1.71. The Morgan fingerprint density at radius 3 is 2.65 bits per heavy atom. The van der Waals surface area contributed by atoms with Crippen LogP contribution in [0.4, 0.5) is 5.82 Å². The number of hydrogen-bond acceptors (Lipinski definition) is 5. The van der Waals surface area contributed by atoms with Crippen LogP contribution in [0.25, 0.3) is 0 Å². The Kier molecular flexibility index (Phi) is 10.8. The van der Waals surface area contributed by atoms with Gasteiger partial charge < -0.3 is 16.4 Å². The standard InChI is InChI=1S/C9H15N5O.2ClH/c1-7(10)9(15)14-5-4-13-8-6-11-2-3-12-8;;/h2-3,6-7H,4-5,10H2,1H3,(H,12,13)(H,14,15);2*1H/t7-;;/m1../s1. The maximum absolute atomic E-state index is 11.1. The maximum Gasteiger partial charge on any atom is 0.236 e. The van der Waals surface area contributed by atoms with Crippen molar-refractivity contribution in [2.75, 3.05) is 18.4 Å². The largest absolute Gasteiger partial charge is 0.367 e. The Labute approximate surface area is 113 Å². The van der Waals surface area contributed by atoms with Crippen molar-refractivity contribution in [2.45, 2.75) is 13.0 Å². The molecule has 0 unspecified atom stereocenters. The van der Waals surface area contributed by atoms with Gasteiger partial charge >= 0.3 is 0 Å². The lowest BCUT2D eigenvalue weighted by molar-refractivity contribution is -0.121. The molecule has 8 heteroatoms. The summed E-state index contributed by atoms with van der Waals surface area (Å²) in [6, 6.07) is -0.471. The van der Waals surface area contributed by atoms with Gasteiger partial charge in [0.05, 0.1) is 12.2 Å². The molecule has 0 saturated heterocycles. The molecule has 17 heavy (non-hydrogen) atoms. The van der Waals surface area contributed by atoms with Gasteiger partial charge in [-0.3, -0.25) is 9.78 Å². The molecule has 6 nitrogen and oxygen atoms in total. The Balaban J connectivity index is 0. The van der Waals surface area contributed by atoms with Crippen molar-refractivity contribution < 1.29 is 4.79 Å². The predicted octanol–water partition coefficient (Wildman–Crippen LogP) is 0.195. The summed E-state index contributed by atoms with van der Waals surface area (Å²) < 4.78 is 0. The third kappa shape index (κ3) is 7.73. The topological polar surface area (TPSA) is 92.9 Å². The van der Waals surface area contributed by atoms with Crippen molar-refractivity contribution in [3.8, 4) is 0 Å². The molecule has 4 N–H and O–H groups in total. The average molecular weight is 282 g/mol. The first kappa shape index (κ1) is 18.3. The number of hydrogen-bond donors (Lipinski definition) is 3. The highest BCUT2D eigenvalue weighted by Gasteiger charge is 2.04. The molecule has 0 spiro atoms. The highest BCUT2D eigenvalue weighted by Crippen LogP contribution is 1.94. The van der Waals surface area contributed by atoms with Gasteiger partial charge in [-0.25, -0.2) is 4.98 Å². The fourth-order valence-corrected chi connectivity index (χ4v) is 0.928. The minimum atomic E-state index is -0.471. The molecule has 98 valence electrons. The summed E-state index contributed by atoms with van der Waals surface area (Å²) in [5, 5.41) is 5.69. The second kappa shape index (κ2) is 10.1. The number of nitrogens with zero attached hydrogens (tertiary/aromatic N) is 2. The van der Waals surface area contributed by atoms with Gasteiger partial charge in [0.15, 0.2) is 0 Å². The summed E-state index contributed by atoms with van der Waals surface area (Å²) >= 11 is 0. The lowest BCUT2D eigenvalue weighted by Crippen LogP contribution is -2.40. The molecule has 1 rings (SSSR count). The number of amides is 1. The normalized spacial score (nSPS) is 10.5. The van der Waals surface area contributed by atoms with Crippen LogP contribution in [0.2, 0.25) is 0 Å². The van der Waals surface area contributed by atoms with Gasteiger partial charge in [-0.05, 0) is 6.92 Å². The average Bonchev–Trinajstić information content (AvgIpc) is 2.25. The molecule has 1 heterocycles. The smallest absolute Gasteiger partial charge is 0.236 e. The quantitative estimate of drug-likeness (QED) is 0.671. The van der Waals surface area contributed by atoms with Crippen molar-refractivity contribution in [3.05, 3.63) is 18.6 Å². The number of nitrogens with one attached hydrogen (secondary N) is 2. The molecular weight excluding hydrogens is 265 g/mol. The highest BCUT2D eigenvalue weighted by atomic mass is 35.5. The van der Waals surface area contributed by atoms with Gasteiger partial charge in [-0.15, -0.1) is 24.8 Å². The van der Waals surface area contributed by atoms with Gasteiger partial charge in [0.2, 0.25) is 5.91 Å². The molecule has 0 aliphatic carbocycles. The highest BCUT2D eigenvalue weighted by molar-refractivity contribution is 5.85. The monoisotopic (exact) mass is 281 g/mol. The third-order valence-corrected chi connectivity index (χ3v) is 1.71. The van der Waals surface area contributed by atoms with E-state index in [2.05, 4.69) is 20.6 Å². The Hall–Kier alpha value is -1.11. The molecule has 0 saturated carbocycles. The predicted molar refractivity (Wildman–Crippen MR) is 71.7 cm³/mol. The van der Waals surface area contributed by atoms with Crippen LogP contribution >= 0.6 is 24.8 Å². The minimum Gasteiger partial charge on any atom is -0.367 e. The fraction of sp³-hybridized carbons (Fsp3) is 0.444. The first-order valence-corrected chi connectivity index (χ1v) is 4.73. The molecule has 0 aliphatic rings. The van der Waals surface area contributed by atoms with Gasteiger partial charge in [0, 0.05) is 25.5 Å². The first-order valence-electron chi connectivity index (χ1n) is 4.73. The van der Waals surface area contributed by atoms with E-state index in [1.807, 2.05) is 0 Å². The van der Waals surface area contributed by atoms with E-state index >= 15 is 0 Å². The number of carbonyl (C=O) groups excluding carboxylic acids is 1. The number of anilines is 1. The van der Waals surface area contributed by atoms with Crippen molar-refractivity contribution in [2.24, 2.45) is 5.73 Å². The van der Waals surface area contributed by atoms with Crippen LogP contribution in [-0.4, -0.2) is 35.0 Å². The van der Waals surface area contributed by atoms with E-state index in [0.29, 0.717) is 18.9 Å². The molecule has 1 aromatic heterocycles. The molecule has 0 aliphatic heterocycles. The number of aromatic nitrogens is 2. The molecule has 0 bridgehead atoms. The van der Waals surface area contributed by atoms with Crippen molar-refractivity contribution in [1.29, 1.82) is 0 Å². The number of halogens is 2. The van der Waals surface area contributed by atoms with Crippen molar-refractivity contribution >= 4 is 36.5 Å². The second-order valence-electron chi connectivity index (χ2n) is 3.10. The maximum atomic E-state index is 11.1. The van der Waals surface area contributed by atoms with Gasteiger partial charge in [0.25, 0.3) is 0 Å². The zero-order valence-electron chi connectivity index (χ0n) is 9.42. The Morgan fingerprint density at radius 1 is 1.41 bits per heavy atom. The van der Waals surface area contributed by atoms with Crippen LogP contribution in [0.5, 0.6) is 0 Å². The summed E-state index contributed by atoms with van der Waals surface area (Å²) in [6.45, 7) is 2.75. The lowest BCUT2D eigenvalue weighted by Gasteiger charge is -2.08. The fourth-order valence-electron chi connectivity index (χ4n) is 0.928. The summed E-state index contributed by atoms with van der Waals surface area (Å²) in [7, 11) is 0. The van der Waals surface area contributed by atoms with E-state index in [9.17, 15) is 4.79 Å². The Morgan fingerprint density at radius 2 is 2.12 bits per heavy atom. The van der Waals surface area contributed by atoms with E-state index in [1.165, 1.54) is 0 Å². The van der Waals surface area contributed by atoms with Crippen LogP contribution in [-0.2, 0) is 4.79 Å². The van der Waals surface area contributed by atoms with Gasteiger partial charge in [-0.1, -0.05) is 0 Å². The number of carbonyl (C=O) groups is 1. The van der Waals surface area contributed by atoms with E-state index < -0.39 is 6.04 Å². The zero-order valence-corrected chi connectivity index (χ0v) is 11.1. The van der Waals surface area contributed by atoms with Crippen LogP contribution in [0, 0.1) is 0 Å². The van der Waals surface area contributed by atoms with E-state index in [-0.39, 0.29) is 30.7 Å². The first-order chi connectivity index (χ1) is 7.20. The van der Waals surface area contributed by atoms with E-state index in [4.69, 9.17) is 5.73 Å². The minimum absolute atomic E-state index is 0. The van der Waals surface area contributed by atoms with Crippen LogP contribution < -0.4 is 16.4 Å². The summed E-state index contributed by atoms with van der Waals surface area (Å²) in [5.41, 5.74) is 5.37. The molecule has 1 amide bonds. The summed E-state index contributed by atoms with van der Waals surface area (Å²) in [6.07, 6.45) is 4.82. The van der Waals surface area contributed by atoms with Gasteiger partial charge in [-0.2, -0.15) is 0 Å². The van der Waals surface area contributed by atoms with Crippen LogP contribution in [0.3, 0.4) is 0 Å². The summed E-state index contributed by atoms with van der Waals surface area (Å²) in [4.78, 5) is 19.0. The molecule has 0 radical (unpaired) electrons. The lowest BCUT2D eigenvalue weighted by atomic mass is 10.3. The zero-order chi connectivity index (χ0) is 11.1. The molecular formula is C9H17Cl2N5O. The van der Waals surface area contributed by atoms with Crippen LogP contribution in [0.1, 0.15) is 6.92 Å². The van der Waals surface area contributed by atoms with Crippen molar-refractivity contribution in [3.63, 3.8) is 0 Å². The number of nitrogens with two attached hydrogens (primary N) is 1.